The van der Waals surface area contributed by atoms with Crippen LogP contribution in [0, 0.1) is 5.92 Å². The molecule has 4 nitrogen and oxygen atoms in total. The van der Waals surface area contributed by atoms with Gasteiger partial charge in [-0.3, -0.25) is 4.98 Å². The molecule has 2 aromatic heterocycles. The van der Waals surface area contributed by atoms with Crippen LogP contribution in [-0.4, -0.2) is 19.9 Å². The van der Waals surface area contributed by atoms with Crippen LogP contribution < -0.4 is 0 Å². The molecule has 1 aliphatic carbocycles. The first-order valence-electron chi connectivity index (χ1n) is 17.4. The van der Waals surface area contributed by atoms with Crippen LogP contribution in [0.2, 0.25) is 0 Å². The van der Waals surface area contributed by atoms with Gasteiger partial charge in [0, 0.05) is 29.1 Å². The van der Waals surface area contributed by atoms with Crippen molar-refractivity contribution in [1.29, 1.82) is 0 Å². The molecule has 0 fully saturated rings. The van der Waals surface area contributed by atoms with E-state index in [9.17, 15) is 0 Å². The van der Waals surface area contributed by atoms with E-state index in [2.05, 4.69) is 158 Å². The number of fused-ring (bicyclic) bond motifs is 6. The van der Waals surface area contributed by atoms with Gasteiger partial charge in [-0.15, -0.1) is 0 Å². The molecule has 0 bridgehead atoms. The molecule has 242 valence electrons. The summed E-state index contributed by atoms with van der Waals surface area (Å²) in [4.78, 5) is 19.4. The highest BCUT2D eigenvalue weighted by Crippen LogP contribution is 2.39. The van der Waals surface area contributed by atoms with Gasteiger partial charge in [0.1, 0.15) is 0 Å². The summed E-state index contributed by atoms with van der Waals surface area (Å²) in [7, 11) is 0. The number of allylic oxidation sites excluding steroid dienone is 6. The highest BCUT2D eigenvalue weighted by molar-refractivity contribution is 6.25. The van der Waals surface area contributed by atoms with E-state index in [1.165, 1.54) is 43.5 Å². The molecule has 1 aliphatic rings. The number of rotatable bonds is 5. The van der Waals surface area contributed by atoms with E-state index < -0.39 is 0 Å². The zero-order valence-corrected chi connectivity index (χ0v) is 28.5. The van der Waals surface area contributed by atoms with Crippen LogP contribution in [0.3, 0.4) is 0 Å². The Labute approximate surface area is 297 Å². The lowest BCUT2D eigenvalue weighted by atomic mass is 9.91. The van der Waals surface area contributed by atoms with Crippen molar-refractivity contribution in [3.63, 3.8) is 0 Å². The molecule has 0 unspecified atom stereocenters. The minimum atomic E-state index is 0.341. The maximum atomic E-state index is 5.11. The van der Waals surface area contributed by atoms with Gasteiger partial charge in [0.05, 0.1) is 0 Å². The number of pyridine rings is 1. The van der Waals surface area contributed by atoms with Gasteiger partial charge in [-0.1, -0.05) is 140 Å². The highest BCUT2D eigenvalue weighted by Gasteiger charge is 2.17. The summed E-state index contributed by atoms with van der Waals surface area (Å²) in [5.74, 6) is 2.22. The first-order valence-corrected chi connectivity index (χ1v) is 17.4. The van der Waals surface area contributed by atoms with E-state index in [0.717, 1.165) is 33.4 Å². The Morgan fingerprint density at radius 1 is 0.451 bits per heavy atom. The lowest BCUT2D eigenvalue weighted by Gasteiger charge is -2.14. The molecule has 4 heteroatoms. The fourth-order valence-electron chi connectivity index (χ4n) is 7.12. The van der Waals surface area contributed by atoms with Crippen molar-refractivity contribution in [2.24, 2.45) is 5.92 Å². The van der Waals surface area contributed by atoms with Crippen molar-refractivity contribution in [3.8, 4) is 45.0 Å². The van der Waals surface area contributed by atoms with Crippen LogP contribution >= 0.6 is 0 Å². The lowest BCUT2D eigenvalue weighted by Crippen LogP contribution is -2.03. The van der Waals surface area contributed by atoms with Crippen LogP contribution in [0.25, 0.3) is 82.9 Å². The summed E-state index contributed by atoms with van der Waals surface area (Å²) in [6, 6.07) is 45.4. The number of nitrogens with zero attached hydrogens (tertiary/aromatic N) is 4. The zero-order valence-electron chi connectivity index (χ0n) is 28.5. The molecule has 0 radical (unpaired) electrons. The van der Waals surface area contributed by atoms with Gasteiger partial charge in [0.2, 0.25) is 0 Å². The third-order valence-electron chi connectivity index (χ3n) is 10.1. The Morgan fingerprint density at radius 2 is 1.04 bits per heavy atom. The van der Waals surface area contributed by atoms with Crippen molar-refractivity contribution >= 4 is 37.9 Å². The van der Waals surface area contributed by atoms with Crippen molar-refractivity contribution in [2.45, 2.75) is 13.8 Å². The normalized spacial score (nSPS) is 14.4. The van der Waals surface area contributed by atoms with E-state index in [-0.39, 0.29) is 0 Å². The SMILES string of the molecule is CC1=CC=C(c2nc(-c3ccncc3)nc(-c3ccccc3-c3cccc(-c4ccc5c6ccccc6c6ccccc6c5c4)c3)n2)C=C[C@@H]1C. The summed E-state index contributed by atoms with van der Waals surface area (Å²) in [5, 5.41) is 7.63. The standard InChI is InChI=1S/C47H34N4/c1-30-18-20-32(21-19-31(30)2)45-49-46(33-24-26-48-27-25-33)51-47(50-45)43-17-8-3-12-37(43)36-11-9-10-34(28-36)35-22-23-42-40-15-5-4-13-38(40)39-14-6-7-16-41(39)44(42)29-35/h3-30H,1-2H3/t30-/m0/s1. The monoisotopic (exact) mass is 654 g/mol. The average molecular weight is 655 g/mol. The Morgan fingerprint density at radius 3 is 1.78 bits per heavy atom. The van der Waals surface area contributed by atoms with E-state index in [1.807, 2.05) is 12.1 Å². The molecule has 0 saturated heterocycles. The molecule has 51 heavy (non-hydrogen) atoms. The van der Waals surface area contributed by atoms with Crippen molar-refractivity contribution in [1.82, 2.24) is 19.9 Å². The summed E-state index contributed by atoms with van der Waals surface area (Å²) in [6.45, 7) is 4.36. The quantitative estimate of drug-likeness (QED) is 0.173. The zero-order chi connectivity index (χ0) is 34.3. The first kappa shape index (κ1) is 30.5. The van der Waals surface area contributed by atoms with E-state index >= 15 is 0 Å². The summed E-state index contributed by atoms with van der Waals surface area (Å²) in [6.07, 6.45) is 12.1. The van der Waals surface area contributed by atoms with Crippen LogP contribution in [0.15, 0.2) is 170 Å². The molecule has 1 atom stereocenters. The summed E-state index contributed by atoms with van der Waals surface area (Å²) >= 11 is 0. The molecule has 0 saturated carbocycles. The third kappa shape index (κ3) is 5.61. The Bertz CT molecular complexity index is 2690. The fraction of sp³-hybridized carbons (Fsp3) is 0.0638. The number of benzene rings is 6. The molecule has 2 heterocycles. The smallest absolute Gasteiger partial charge is 0.164 e. The molecular weight excluding hydrogens is 621 g/mol. The molecular formula is C47H34N4. The molecule has 0 spiro atoms. The number of hydrogen-bond acceptors (Lipinski definition) is 4. The van der Waals surface area contributed by atoms with Crippen LogP contribution in [0.5, 0.6) is 0 Å². The van der Waals surface area contributed by atoms with Crippen LogP contribution in [0.1, 0.15) is 19.7 Å². The molecule has 8 aromatic rings. The maximum absolute atomic E-state index is 5.11. The predicted molar refractivity (Wildman–Crippen MR) is 212 cm³/mol. The molecule has 0 amide bonds. The number of aromatic nitrogens is 4. The van der Waals surface area contributed by atoms with Crippen molar-refractivity contribution in [3.05, 3.63) is 175 Å². The van der Waals surface area contributed by atoms with Gasteiger partial charge in [0.15, 0.2) is 17.5 Å². The fourth-order valence-corrected chi connectivity index (χ4v) is 7.12. The second kappa shape index (κ2) is 12.7. The maximum Gasteiger partial charge on any atom is 0.164 e. The van der Waals surface area contributed by atoms with Gasteiger partial charge >= 0.3 is 0 Å². The minimum Gasteiger partial charge on any atom is -0.265 e. The topological polar surface area (TPSA) is 51.6 Å². The largest absolute Gasteiger partial charge is 0.265 e. The van der Waals surface area contributed by atoms with Gasteiger partial charge in [-0.2, -0.15) is 0 Å². The van der Waals surface area contributed by atoms with Crippen molar-refractivity contribution in [2.75, 3.05) is 0 Å². The number of hydrogen-bond donors (Lipinski definition) is 0. The van der Waals surface area contributed by atoms with E-state index in [1.54, 1.807) is 12.4 Å². The van der Waals surface area contributed by atoms with Crippen LogP contribution in [-0.2, 0) is 0 Å². The van der Waals surface area contributed by atoms with Gasteiger partial charge < -0.3 is 0 Å². The molecule has 9 rings (SSSR count). The van der Waals surface area contributed by atoms with Gasteiger partial charge in [0.25, 0.3) is 0 Å². The second-order valence-electron chi connectivity index (χ2n) is 13.2. The minimum absolute atomic E-state index is 0.341. The average Bonchev–Trinajstić information content (AvgIpc) is 3.37. The van der Waals surface area contributed by atoms with Gasteiger partial charge in [-0.25, -0.2) is 15.0 Å². The van der Waals surface area contributed by atoms with E-state index in [0.29, 0.717) is 23.4 Å². The lowest BCUT2D eigenvalue weighted by molar-refractivity contribution is 0.865. The summed E-state index contributed by atoms with van der Waals surface area (Å²) in [5.41, 5.74) is 8.57. The van der Waals surface area contributed by atoms with Gasteiger partial charge in [-0.05, 0) is 91.7 Å². The van der Waals surface area contributed by atoms with E-state index in [4.69, 9.17) is 15.0 Å². The van der Waals surface area contributed by atoms with Crippen molar-refractivity contribution < 1.29 is 0 Å². The molecule has 0 N–H and O–H groups in total. The molecule has 0 aliphatic heterocycles. The first-order chi connectivity index (χ1) is 25.1. The third-order valence-corrected chi connectivity index (χ3v) is 10.1. The predicted octanol–water partition coefficient (Wildman–Crippen LogP) is 11.9. The van der Waals surface area contributed by atoms with Crippen LogP contribution in [0.4, 0.5) is 0 Å². The Kier molecular flexibility index (Phi) is 7.63. The molecule has 6 aromatic carbocycles. The summed E-state index contributed by atoms with van der Waals surface area (Å²) < 4.78 is 0. The second-order valence-corrected chi connectivity index (χ2v) is 13.2. The Hall–Kier alpha value is -6.52. The Balaban J connectivity index is 1.18. The highest BCUT2D eigenvalue weighted by atomic mass is 15.0.